The van der Waals surface area contributed by atoms with E-state index in [-0.39, 0.29) is 5.75 Å². The summed E-state index contributed by atoms with van der Waals surface area (Å²) in [6.07, 6.45) is 0. The van der Waals surface area contributed by atoms with Crippen molar-refractivity contribution in [2.24, 2.45) is 0 Å². The number of rotatable bonds is 2. The Morgan fingerprint density at radius 1 is 1.00 bits per heavy atom. The predicted octanol–water partition coefficient (Wildman–Crippen LogP) is 2.62. The topological polar surface area (TPSA) is 87.4 Å². The van der Waals surface area contributed by atoms with Crippen LogP contribution in [0.3, 0.4) is 0 Å². The van der Waals surface area contributed by atoms with Gasteiger partial charge in [0.15, 0.2) is 0 Å². The molecule has 5 N–H and O–H groups in total. The second-order valence-electron chi connectivity index (χ2n) is 3.72. The first-order chi connectivity index (χ1) is 8.65. The van der Waals surface area contributed by atoms with Crippen LogP contribution in [0.1, 0.15) is 0 Å². The van der Waals surface area contributed by atoms with E-state index in [4.69, 9.17) is 5.73 Å². The van der Waals surface area contributed by atoms with Crippen molar-refractivity contribution < 1.29 is 9.90 Å². The van der Waals surface area contributed by atoms with Gasteiger partial charge in [-0.25, -0.2) is 4.79 Å². The molecule has 0 saturated heterocycles. The maximum Gasteiger partial charge on any atom is 0.323 e. The Labute approximate surface area is 104 Å². The molecule has 2 rings (SSSR count). The number of hydrogen-bond acceptors (Lipinski definition) is 3. The minimum Gasteiger partial charge on any atom is -0.506 e. The first-order valence-corrected chi connectivity index (χ1v) is 5.37. The molecule has 2 amide bonds. The van der Waals surface area contributed by atoms with E-state index in [9.17, 15) is 9.90 Å². The summed E-state index contributed by atoms with van der Waals surface area (Å²) >= 11 is 0. The number of nitrogen functional groups attached to an aromatic ring is 1. The van der Waals surface area contributed by atoms with Crippen LogP contribution in [-0.4, -0.2) is 11.1 Å². The van der Waals surface area contributed by atoms with Gasteiger partial charge in [0.2, 0.25) is 0 Å². The maximum absolute atomic E-state index is 11.7. The van der Waals surface area contributed by atoms with Gasteiger partial charge in [0.25, 0.3) is 0 Å². The largest absolute Gasteiger partial charge is 0.506 e. The highest BCUT2D eigenvalue weighted by atomic mass is 16.3. The first-order valence-electron chi connectivity index (χ1n) is 5.37. The van der Waals surface area contributed by atoms with Crippen molar-refractivity contribution in [2.45, 2.75) is 0 Å². The third kappa shape index (κ3) is 2.91. The van der Waals surface area contributed by atoms with Gasteiger partial charge in [0, 0.05) is 11.4 Å². The molecule has 5 nitrogen and oxygen atoms in total. The number of urea groups is 1. The van der Waals surface area contributed by atoms with Gasteiger partial charge in [0.1, 0.15) is 5.75 Å². The Balaban J connectivity index is 2.01. The molecule has 0 aliphatic heterocycles. The number of aromatic hydroxyl groups is 1. The van der Waals surface area contributed by atoms with E-state index in [2.05, 4.69) is 10.6 Å². The zero-order valence-corrected chi connectivity index (χ0v) is 9.55. The molecule has 2 aromatic rings. The third-order valence-corrected chi connectivity index (χ3v) is 2.32. The fourth-order valence-corrected chi connectivity index (χ4v) is 1.43. The van der Waals surface area contributed by atoms with Gasteiger partial charge in [-0.15, -0.1) is 0 Å². The van der Waals surface area contributed by atoms with Crippen LogP contribution in [0.4, 0.5) is 21.9 Å². The minimum absolute atomic E-state index is 0.0185. The molecule has 0 fully saturated rings. The van der Waals surface area contributed by atoms with Gasteiger partial charge in [-0.1, -0.05) is 12.1 Å². The van der Waals surface area contributed by atoms with E-state index >= 15 is 0 Å². The Hall–Kier alpha value is -2.69. The van der Waals surface area contributed by atoms with Crippen LogP contribution < -0.4 is 16.4 Å². The number of hydrogen-bond donors (Lipinski definition) is 4. The molecule has 0 aromatic heterocycles. The lowest BCUT2D eigenvalue weighted by Crippen LogP contribution is -2.19. The molecular weight excluding hydrogens is 230 g/mol. The van der Waals surface area contributed by atoms with Gasteiger partial charge in [-0.3, -0.25) is 0 Å². The number of phenols is 1. The normalized spacial score (nSPS) is 9.78. The molecule has 2 aromatic carbocycles. The van der Waals surface area contributed by atoms with Crippen LogP contribution in [0.2, 0.25) is 0 Å². The predicted molar refractivity (Wildman–Crippen MR) is 71.6 cm³/mol. The fourth-order valence-electron chi connectivity index (χ4n) is 1.43. The number of nitrogens with one attached hydrogen (secondary N) is 2. The van der Waals surface area contributed by atoms with Crippen molar-refractivity contribution in [3.8, 4) is 5.75 Å². The summed E-state index contributed by atoms with van der Waals surface area (Å²) in [5.74, 6) is 0.0185. The number of anilines is 3. The minimum atomic E-state index is -0.429. The Morgan fingerprint density at radius 2 is 1.67 bits per heavy atom. The van der Waals surface area contributed by atoms with Crippen molar-refractivity contribution in [3.63, 3.8) is 0 Å². The number of nitrogens with two attached hydrogens (primary N) is 1. The monoisotopic (exact) mass is 243 g/mol. The van der Waals surface area contributed by atoms with Crippen molar-refractivity contribution in [1.29, 1.82) is 0 Å². The molecule has 92 valence electrons. The summed E-state index contributed by atoms with van der Waals surface area (Å²) in [6, 6.07) is 12.8. The number of para-hydroxylation sites is 2. The van der Waals surface area contributed by atoms with Crippen LogP contribution >= 0.6 is 0 Å². The van der Waals surface area contributed by atoms with E-state index < -0.39 is 6.03 Å². The maximum atomic E-state index is 11.7. The van der Waals surface area contributed by atoms with Crippen LogP contribution in [-0.2, 0) is 0 Å². The van der Waals surface area contributed by atoms with Gasteiger partial charge in [-0.2, -0.15) is 0 Å². The van der Waals surface area contributed by atoms with Crippen LogP contribution in [0.25, 0.3) is 0 Å². The number of carbonyl (C=O) groups is 1. The quantitative estimate of drug-likeness (QED) is 0.483. The molecule has 0 saturated carbocycles. The fraction of sp³-hybridized carbons (Fsp3) is 0. The molecule has 0 aliphatic carbocycles. The molecule has 0 heterocycles. The smallest absolute Gasteiger partial charge is 0.323 e. The lowest BCUT2D eigenvalue weighted by Gasteiger charge is -2.08. The number of benzene rings is 2. The molecule has 0 atom stereocenters. The molecule has 18 heavy (non-hydrogen) atoms. The first kappa shape index (κ1) is 11.8. The van der Waals surface area contributed by atoms with Crippen molar-refractivity contribution in [3.05, 3.63) is 48.5 Å². The summed E-state index contributed by atoms with van der Waals surface area (Å²) < 4.78 is 0. The van der Waals surface area contributed by atoms with Crippen LogP contribution in [0, 0.1) is 0 Å². The van der Waals surface area contributed by atoms with Gasteiger partial charge in [-0.05, 0) is 36.4 Å². The lowest BCUT2D eigenvalue weighted by atomic mass is 10.3. The summed E-state index contributed by atoms with van der Waals surface area (Å²) in [7, 11) is 0. The zero-order valence-electron chi connectivity index (χ0n) is 9.55. The molecule has 0 spiro atoms. The van der Waals surface area contributed by atoms with Gasteiger partial charge < -0.3 is 21.5 Å². The standard InChI is InChI=1S/C13H13N3O2/c14-9-5-7-10(8-6-9)15-13(18)16-11-3-1-2-4-12(11)17/h1-8,17H,14H2,(H2,15,16,18). The average molecular weight is 243 g/mol. The van der Waals surface area contributed by atoms with Crippen molar-refractivity contribution >= 4 is 23.1 Å². The SMILES string of the molecule is Nc1ccc(NC(=O)Nc2ccccc2O)cc1. The summed E-state index contributed by atoms with van der Waals surface area (Å²) in [4.78, 5) is 11.7. The molecule has 0 radical (unpaired) electrons. The molecule has 0 unspecified atom stereocenters. The number of carbonyl (C=O) groups excluding carboxylic acids is 1. The second kappa shape index (κ2) is 5.09. The van der Waals surface area contributed by atoms with E-state index in [1.807, 2.05) is 0 Å². The third-order valence-electron chi connectivity index (χ3n) is 2.32. The lowest BCUT2D eigenvalue weighted by molar-refractivity contribution is 0.262. The van der Waals surface area contributed by atoms with Gasteiger partial charge in [0.05, 0.1) is 5.69 Å². The second-order valence-corrected chi connectivity index (χ2v) is 3.72. The Bertz CT molecular complexity index is 552. The van der Waals surface area contributed by atoms with E-state index in [0.29, 0.717) is 17.1 Å². The Morgan fingerprint density at radius 3 is 2.33 bits per heavy atom. The number of phenolic OH excluding ortho intramolecular Hbond substituents is 1. The summed E-state index contributed by atoms with van der Waals surface area (Å²) in [6.45, 7) is 0. The summed E-state index contributed by atoms with van der Waals surface area (Å²) in [5.41, 5.74) is 7.14. The van der Waals surface area contributed by atoms with E-state index in [0.717, 1.165) is 0 Å². The average Bonchev–Trinajstić information content (AvgIpc) is 2.35. The zero-order chi connectivity index (χ0) is 13.0. The van der Waals surface area contributed by atoms with E-state index in [1.165, 1.54) is 6.07 Å². The molecule has 0 aliphatic rings. The van der Waals surface area contributed by atoms with E-state index in [1.54, 1.807) is 42.5 Å². The molecule has 5 heteroatoms. The van der Waals surface area contributed by atoms with Gasteiger partial charge >= 0.3 is 6.03 Å². The summed E-state index contributed by atoms with van der Waals surface area (Å²) in [5, 5.41) is 14.7. The van der Waals surface area contributed by atoms with Crippen molar-refractivity contribution in [2.75, 3.05) is 16.4 Å². The highest BCUT2D eigenvalue weighted by molar-refractivity contribution is 6.00. The highest BCUT2D eigenvalue weighted by Crippen LogP contribution is 2.21. The molecular formula is C13H13N3O2. The van der Waals surface area contributed by atoms with Crippen molar-refractivity contribution in [1.82, 2.24) is 0 Å². The Kier molecular flexibility index (Phi) is 3.33. The number of amides is 2. The van der Waals surface area contributed by atoms with Crippen LogP contribution in [0.5, 0.6) is 5.75 Å². The van der Waals surface area contributed by atoms with Crippen LogP contribution in [0.15, 0.2) is 48.5 Å². The molecule has 0 bridgehead atoms. The highest BCUT2D eigenvalue weighted by Gasteiger charge is 2.05.